The van der Waals surface area contributed by atoms with Gasteiger partial charge in [-0.2, -0.15) is 0 Å². The molecule has 0 aromatic carbocycles. The van der Waals surface area contributed by atoms with Crippen LogP contribution in [0, 0.1) is 11.8 Å². The van der Waals surface area contributed by atoms with Crippen molar-refractivity contribution >= 4 is 34.0 Å². The monoisotopic (exact) mass is 480 g/mol. The topological polar surface area (TPSA) is 48.8 Å². The Kier molecular flexibility index (Phi) is 11.5. The van der Waals surface area contributed by atoms with Crippen molar-refractivity contribution in [3.63, 3.8) is 0 Å². The van der Waals surface area contributed by atoms with Gasteiger partial charge in [-0.3, -0.25) is 9.98 Å². The zero-order valence-corrected chi connectivity index (χ0v) is 22.8. The van der Waals surface area contributed by atoms with Crippen molar-refractivity contribution in [2.45, 2.75) is 72.6 Å². The first kappa shape index (κ1) is 27.8. The molecule has 0 amide bonds. The van der Waals surface area contributed by atoms with E-state index in [1.165, 1.54) is 46.0 Å². The molecular formula is C29H44N4S. The fraction of sp³-hybridized carbons (Fsp3) is 0.517. The van der Waals surface area contributed by atoms with Crippen LogP contribution in [0.5, 0.6) is 0 Å². The van der Waals surface area contributed by atoms with Gasteiger partial charge in [-0.1, -0.05) is 38.7 Å². The summed E-state index contributed by atoms with van der Waals surface area (Å²) in [4.78, 5) is 10.7. The summed E-state index contributed by atoms with van der Waals surface area (Å²) in [6.45, 7) is 21.0. The van der Waals surface area contributed by atoms with E-state index < -0.39 is 0 Å². The first-order valence-corrected chi connectivity index (χ1v) is 13.4. The van der Waals surface area contributed by atoms with E-state index in [1.807, 2.05) is 38.3 Å². The van der Waals surface area contributed by atoms with Crippen molar-refractivity contribution < 1.29 is 0 Å². The standard InChI is InChI=1S/C24H36N4S.C5H8/c1-8-10-14-27-19(6)23-21-15-20(11-12-22(21)29-24(23)25-7)18(5)28-17(4)16(3)26-13-9-2;1-2-5-3-4-5/h9,13,20,25,27H,2,6,8,10-12,14-15H2,1,3-5,7H3;2,5H,1,3-4H2/b17-16+,26-13?,28-18?;. The highest BCUT2D eigenvalue weighted by Gasteiger charge is 2.28. The summed E-state index contributed by atoms with van der Waals surface area (Å²) in [5, 5.41) is 8.15. The number of nitrogens with zero attached hydrogens (tertiary/aromatic N) is 2. The molecule has 4 nitrogen and oxygen atoms in total. The maximum atomic E-state index is 4.89. The van der Waals surface area contributed by atoms with E-state index >= 15 is 0 Å². The van der Waals surface area contributed by atoms with Gasteiger partial charge < -0.3 is 10.6 Å². The lowest BCUT2D eigenvalue weighted by Crippen LogP contribution is -2.22. The van der Waals surface area contributed by atoms with Crippen molar-refractivity contribution in [3.8, 4) is 0 Å². The van der Waals surface area contributed by atoms with Crippen LogP contribution < -0.4 is 10.6 Å². The third-order valence-corrected chi connectivity index (χ3v) is 7.76. The zero-order chi connectivity index (χ0) is 25.1. The summed E-state index contributed by atoms with van der Waals surface area (Å²) in [5.74, 6) is 1.35. The van der Waals surface area contributed by atoms with Gasteiger partial charge in [0.1, 0.15) is 0 Å². The lowest BCUT2D eigenvalue weighted by molar-refractivity contribution is 0.587. The molecule has 2 aliphatic carbocycles. The zero-order valence-electron chi connectivity index (χ0n) is 22.0. The van der Waals surface area contributed by atoms with Gasteiger partial charge >= 0.3 is 0 Å². The van der Waals surface area contributed by atoms with Gasteiger partial charge in [0.15, 0.2) is 0 Å². The number of allylic oxidation sites excluding steroid dienone is 4. The van der Waals surface area contributed by atoms with Crippen molar-refractivity contribution in [1.82, 2.24) is 5.32 Å². The highest BCUT2D eigenvalue weighted by molar-refractivity contribution is 7.16. The van der Waals surface area contributed by atoms with Crippen LogP contribution >= 0.6 is 11.3 Å². The molecule has 0 aliphatic heterocycles. The number of anilines is 1. The lowest BCUT2D eigenvalue weighted by atomic mass is 9.83. The first-order valence-electron chi connectivity index (χ1n) is 12.6. The number of hydrogen-bond donors (Lipinski definition) is 2. The molecule has 1 saturated carbocycles. The Morgan fingerprint density at radius 1 is 1.15 bits per heavy atom. The van der Waals surface area contributed by atoms with Gasteiger partial charge in [-0.25, -0.2) is 0 Å². The molecule has 0 bridgehead atoms. The van der Waals surface area contributed by atoms with Crippen LogP contribution in [0.1, 0.15) is 75.8 Å². The summed E-state index contributed by atoms with van der Waals surface area (Å²) in [7, 11) is 2.00. The van der Waals surface area contributed by atoms with Crippen LogP contribution in [0.4, 0.5) is 5.00 Å². The van der Waals surface area contributed by atoms with E-state index in [1.54, 1.807) is 12.3 Å². The van der Waals surface area contributed by atoms with Crippen LogP contribution in [-0.2, 0) is 12.8 Å². The number of thiophene rings is 1. The normalized spacial score (nSPS) is 18.4. The Balaban J connectivity index is 0.000000720. The number of unbranched alkanes of at least 4 members (excludes halogenated alkanes) is 1. The fourth-order valence-electron chi connectivity index (χ4n) is 3.97. The molecular weight excluding hydrogens is 436 g/mol. The van der Waals surface area contributed by atoms with Gasteiger partial charge in [0.05, 0.1) is 16.4 Å². The second-order valence-electron chi connectivity index (χ2n) is 9.17. The Hall–Kier alpha value is -2.40. The predicted molar refractivity (Wildman–Crippen MR) is 154 cm³/mol. The minimum Gasteiger partial charge on any atom is -0.385 e. The highest BCUT2D eigenvalue weighted by atomic mass is 32.1. The molecule has 1 unspecified atom stereocenters. The highest BCUT2D eigenvalue weighted by Crippen LogP contribution is 2.42. The smallest absolute Gasteiger partial charge is 0.0980 e. The fourth-order valence-corrected chi connectivity index (χ4v) is 5.19. The summed E-state index contributed by atoms with van der Waals surface area (Å²) < 4.78 is 0. The molecule has 1 fully saturated rings. The van der Waals surface area contributed by atoms with Crippen LogP contribution in [0.3, 0.4) is 0 Å². The lowest BCUT2D eigenvalue weighted by Gasteiger charge is -2.24. The van der Waals surface area contributed by atoms with Crippen molar-refractivity contribution in [2.75, 3.05) is 18.9 Å². The van der Waals surface area contributed by atoms with Gasteiger partial charge in [0.25, 0.3) is 0 Å². The summed E-state index contributed by atoms with van der Waals surface area (Å²) in [6, 6.07) is 0. The summed E-state index contributed by atoms with van der Waals surface area (Å²) in [6.07, 6.45) is 13.8. The maximum absolute atomic E-state index is 4.89. The molecule has 0 spiro atoms. The van der Waals surface area contributed by atoms with Crippen LogP contribution in [-0.4, -0.2) is 25.5 Å². The molecule has 1 heterocycles. The summed E-state index contributed by atoms with van der Waals surface area (Å²) >= 11 is 1.88. The molecule has 34 heavy (non-hydrogen) atoms. The van der Waals surface area contributed by atoms with E-state index in [0.717, 1.165) is 55.2 Å². The Labute approximate surface area is 211 Å². The third kappa shape index (κ3) is 8.12. The van der Waals surface area contributed by atoms with Crippen LogP contribution in [0.15, 0.2) is 53.3 Å². The number of aliphatic imine (C=N–C) groups is 2. The Bertz CT molecular complexity index is 944. The Morgan fingerprint density at radius 3 is 2.44 bits per heavy atom. The molecule has 0 radical (unpaired) electrons. The largest absolute Gasteiger partial charge is 0.385 e. The average Bonchev–Trinajstić information content (AvgIpc) is 3.61. The van der Waals surface area contributed by atoms with Gasteiger partial charge in [0.2, 0.25) is 0 Å². The van der Waals surface area contributed by atoms with Crippen molar-refractivity contribution in [2.24, 2.45) is 21.8 Å². The molecule has 2 aliphatic rings. The van der Waals surface area contributed by atoms with Crippen LogP contribution in [0.25, 0.3) is 5.70 Å². The molecule has 2 N–H and O–H groups in total. The third-order valence-electron chi connectivity index (χ3n) is 6.45. The SMILES string of the molecule is C=CC1CC1.C=CC=N/C(C)=C(\C)N=C(C)C1CCc2sc(NC)c(C(=C)NCCCC)c2C1. The molecule has 1 aromatic rings. The molecule has 1 atom stereocenters. The van der Waals surface area contributed by atoms with E-state index in [2.05, 4.69) is 49.2 Å². The van der Waals surface area contributed by atoms with E-state index in [0.29, 0.717) is 5.92 Å². The predicted octanol–water partition coefficient (Wildman–Crippen LogP) is 7.81. The first-order chi connectivity index (χ1) is 16.4. The quantitative estimate of drug-likeness (QED) is 0.193. The molecule has 1 aromatic heterocycles. The number of fused-ring (bicyclic) bond motifs is 1. The summed E-state index contributed by atoms with van der Waals surface area (Å²) in [5.41, 5.74) is 6.86. The van der Waals surface area contributed by atoms with Gasteiger partial charge in [-0.05, 0) is 70.8 Å². The number of nitrogens with one attached hydrogen (secondary N) is 2. The molecule has 5 heteroatoms. The molecule has 3 rings (SSSR count). The molecule has 0 saturated heterocycles. The second kappa shape index (κ2) is 14.1. The van der Waals surface area contributed by atoms with E-state index in [9.17, 15) is 0 Å². The maximum Gasteiger partial charge on any atom is 0.0980 e. The minimum absolute atomic E-state index is 0.454. The second-order valence-corrected chi connectivity index (χ2v) is 10.3. The van der Waals surface area contributed by atoms with Crippen molar-refractivity contribution in [1.29, 1.82) is 0 Å². The van der Waals surface area contributed by atoms with E-state index in [-0.39, 0.29) is 0 Å². The number of rotatable bonds is 11. The average molecular weight is 481 g/mol. The van der Waals surface area contributed by atoms with Gasteiger partial charge in [-0.15, -0.1) is 17.9 Å². The van der Waals surface area contributed by atoms with Gasteiger partial charge in [0, 0.05) is 47.6 Å². The van der Waals surface area contributed by atoms with Crippen molar-refractivity contribution in [3.05, 3.63) is 59.3 Å². The van der Waals surface area contributed by atoms with Crippen LogP contribution in [0.2, 0.25) is 0 Å². The Morgan fingerprint density at radius 2 is 1.88 bits per heavy atom. The van der Waals surface area contributed by atoms with E-state index in [4.69, 9.17) is 4.99 Å². The number of aryl methyl sites for hydroxylation is 1. The molecule has 186 valence electrons. The minimum atomic E-state index is 0.454. The number of hydrogen-bond acceptors (Lipinski definition) is 5.